The lowest BCUT2D eigenvalue weighted by molar-refractivity contribution is -0.113. The van der Waals surface area contributed by atoms with Gasteiger partial charge in [0.2, 0.25) is 5.91 Å². The Morgan fingerprint density at radius 2 is 2.00 bits per heavy atom. The average Bonchev–Trinajstić information content (AvgIpc) is 3.29. The lowest BCUT2D eigenvalue weighted by Gasteiger charge is -2.15. The summed E-state index contributed by atoms with van der Waals surface area (Å²) in [4.78, 5) is 26.7. The van der Waals surface area contributed by atoms with Gasteiger partial charge in [0.15, 0.2) is 17.1 Å². The number of carbonyl (C=O) groups is 2. The van der Waals surface area contributed by atoms with Crippen LogP contribution in [0.5, 0.6) is 5.75 Å². The van der Waals surface area contributed by atoms with Crippen LogP contribution in [0.3, 0.4) is 0 Å². The Balaban J connectivity index is 1.42. The first-order valence-electron chi connectivity index (χ1n) is 11.9. The second-order valence-corrected chi connectivity index (χ2v) is 10.9. The van der Waals surface area contributed by atoms with Gasteiger partial charge >= 0.3 is 5.97 Å². The van der Waals surface area contributed by atoms with Crippen LogP contribution in [0.15, 0.2) is 29.4 Å². The molecule has 3 aromatic rings. The number of aromatic nitrogens is 3. The monoisotopic (exact) mass is 548 g/mol. The van der Waals surface area contributed by atoms with E-state index in [0.717, 1.165) is 37.7 Å². The van der Waals surface area contributed by atoms with Crippen molar-refractivity contribution < 1.29 is 19.1 Å². The number of thioether (sulfide) groups is 1. The Kier molecular flexibility index (Phi) is 8.92. The SMILES string of the molecule is CCOC(=O)c1c(NC(=O)CSc2nnc(C(C)Oc3ccccc3Cl)n2C)sc2c1CCCCC2. The molecule has 0 saturated heterocycles. The van der Waals surface area contributed by atoms with Crippen LogP contribution in [0.1, 0.15) is 65.8 Å². The van der Waals surface area contributed by atoms with E-state index >= 15 is 0 Å². The number of fused-ring (bicyclic) bond motifs is 1. The lowest BCUT2D eigenvalue weighted by Crippen LogP contribution is -2.17. The number of anilines is 1. The van der Waals surface area contributed by atoms with E-state index < -0.39 is 0 Å². The Bertz CT molecular complexity index is 1240. The summed E-state index contributed by atoms with van der Waals surface area (Å²) in [6.45, 7) is 3.94. The van der Waals surface area contributed by atoms with Crippen molar-refractivity contribution in [3.63, 3.8) is 0 Å². The van der Waals surface area contributed by atoms with Gasteiger partial charge in [-0.1, -0.05) is 41.9 Å². The van der Waals surface area contributed by atoms with E-state index in [0.29, 0.717) is 38.9 Å². The number of rotatable bonds is 9. The first kappa shape index (κ1) is 26.5. The van der Waals surface area contributed by atoms with Crippen molar-refractivity contribution in [1.29, 1.82) is 0 Å². The number of esters is 1. The number of nitrogens with zero attached hydrogens (tertiary/aromatic N) is 3. The smallest absolute Gasteiger partial charge is 0.341 e. The molecule has 0 bridgehead atoms. The highest BCUT2D eigenvalue weighted by atomic mass is 35.5. The third-order valence-corrected chi connectivity index (χ3v) is 8.40. The van der Waals surface area contributed by atoms with Crippen LogP contribution in [0.4, 0.5) is 5.00 Å². The molecule has 1 atom stereocenters. The van der Waals surface area contributed by atoms with Gasteiger partial charge in [0, 0.05) is 11.9 Å². The zero-order valence-corrected chi connectivity index (χ0v) is 22.9. The molecule has 4 rings (SSSR count). The van der Waals surface area contributed by atoms with Crippen molar-refractivity contribution in [2.75, 3.05) is 17.7 Å². The number of hydrogen-bond acceptors (Lipinski definition) is 8. The summed E-state index contributed by atoms with van der Waals surface area (Å²) in [5, 5.41) is 13.1. The van der Waals surface area contributed by atoms with E-state index in [2.05, 4.69) is 15.5 Å². The maximum atomic E-state index is 12.9. The molecule has 0 saturated carbocycles. The number of carbonyl (C=O) groups excluding carboxylic acids is 2. The number of amides is 1. The summed E-state index contributed by atoms with van der Waals surface area (Å²) in [5.74, 6) is 0.716. The predicted octanol–water partition coefficient (Wildman–Crippen LogP) is 5.85. The fourth-order valence-corrected chi connectivity index (χ4v) is 6.32. The minimum absolute atomic E-state index is 0.122. The van der Waals surface area contributed by atoms with Crippen molar-refractivity contribution in [2.45, 2.75) is 57.2 Å². The molecule has 192 valence electrons. The van der Waals surface area contributed by atoms with Crippen LogP contribution in [0.2, 0.25) is 5.02 Å². The van der Waals surface area contributed by atoms with Crippen molar-refractivity contribution in [3.8, 4) is 5.75 Å². The molecule has 1 aromatic carbocycles. The quantitative estimate of drug-likeness (QED) is 0.204. The Labute approximate surface area is 223 Å². The molecular formula is C25H29ClN4O4S2. The first-order chi connectivity index (χ1) is 17.4. The average molecular weight is 549 g/mol. The maximum Gasteiger partial charge on any atom is 0.341 e. The molecule has 36 heavy (non-hydrogen) atoms. The van der Waals surface area contributed by atoms with Gasteiger partial charge in [0.25, 0.3) is 0 Å². The van der Waals surface area contributed by atoms with Gasteiger partial charge in [-0.25, -0.2) is 4.79 Å². The molecule has 1 unspecified atom stereocenters. The molecule has 1 aliphatic carbocycles. The van der Waals surface area contributed by atoms with E-state index in [9.17, 15) is 9.59 Å². The zero-order chi connectivity index (χ0) is 25.7. The van der Waals surface area contributed by atoms with Crippen LogP contribution in [-0.2, 0) is 29.4 Å². The highest BCUT2D eigenvalue weighted by molar-refractivity contribution is 7.99. The number of aryl methyl sites for hydroxylation is 1. The van der Waals surface area contributed by atoms with Gasteiger partial charge in [-0.2, -0.15) is 0 Å². The van der Waals surface area contributed by atoms with Gasteiger partial charge in [-0.05, 0) is 57.2 Å². The van der Waals surface area contributed by atoms with Gasteiger partial charge in [-0.15, -0.1) is 21.5 Å². The van der Waals surface area contributed by atoms with Crippen molar-refractivity contribution in [1.82, 2.24) is 14.8 Å². The molecular weight excluding hydrogens is 520 g/mol. The second-order valence-electron chi connectivity index (χ2n) is 8.42. The predicted molar refractivity (Wildman–Crippen MR) is 142 cm³/mol. The van der Waals surface area contributed by atoms with E-state index in [-0.39, 0.29) is 23.7 Å². The van der Waals surface area contributed by atoms with Gasteiger partial charge in [0.1, 0.15) is 10.8 Å². The number of para-hydroxylation sites is 1. The molecule has 0 spiro atoms. The molecule has 0 fully saturated rings. The molecule has 2 aromatic heterocycles. The maximum absolute atomic E-state index is 12.9. The largest absolute Gasteiger partial charge is 0.481 e. The highest BCUT2D eigenvalue weighted by Gasteiger charge is 2.27. The number of nitrogens with one attached hydrogen (secondary N) is 1. The first-order valence-corrected chi connectivity index (χ1v) is 14.1. The summed E-state index contributed by atoms with van der Waals surface area (Å²) >= 11 is 8.96. The number of hydrogen-bond donors (Lipinski definition) is 1. The fourth-order valence-electron chi connectivity index (χ4n) is 4.13. The van der Waals surface area contributed by atoms with Gasteiger partial charge in [0.05, 0.1) is 22.9 Å². The van der Waals surface area contributed by atoms with Crippen LogP contribution in [-0.4, -0.2) is 39.0 Å². The standard InChI is InChI=1S/C25H29ClN4O4S2/c1-4-33-24(32)21-16-10-6-5-7-13-19(16)36-23(21)27-20(31)14-35-25-29-28-22(30(25)3)15(2)34-18-12-9-8-11-17(18)26/h8-9,11-12,15H,4-7,10,13-14H2,1-3H3,(H,27,31). The van der Waals surface area contributed by atoms with Crippen molar-refractivity contribution in [3.05, 3.63) is 51.1 Å². The van der Waals surface area contributed by atoms with E-state index in [1.165, 1.54) is 28.0 Å². The zero-order valence-electron chi connectivity index (χ0n) is 20.5. The number of ether oxygens (including phenoxy) is 2. The Hall–Kier alpha value is -2.56. The molecule has 0 aliphatic heterocycles. The third kappa shape index (κ3) is 6.04. The van der Waals surface area contributed by atoms with Crippen LogP contribution < -0.4 is 10.1 Å². The number of benzene rings is 1. The minimum atomic E-state index is -0.390. The molecule has 1 aliphatic rings. The van der Waals surface area contributed by atoms with Crippen LogP contribution >= 0.6 is 34.7 Å². The number of thiophene rings is 1. The third-order valence-electron chi connectivity index (χ3n) is 5.86. The summed E-state index contributed by atoms with van der Waals surface area (Å²) in [6.07, 6.45) is 4.63. The van der Waals surface area contributed by atoms with Crippen LogP contribution in [0, 0.1) is 0 Å². The highest BCUT2D eigenvalue weighted by Crippen LogP contribution is 2.38. The molecule has 1 amide bonds. The van der Waals surface area contributed by atoms with E-state index in [1.54, 1.807) is 23.6 Å². The Morgan fingerprint density at radius 1 is 1.22 bits per heavy atom. The summed E-state index contributed by atoms with van der Waals surface area (Å²) in [6, 6.07) is 7.25. The molecule has 2 heterocycles. The molecule has 8 nitrogen and oxygen atoms in total. The fraction of sp³-hybridized carbons (Fsp3) is 0.440. The minimum Gasteiger partial charge on any atom is -0.481 e. The normalized spacial score (nSPS) is 14.0. The summed E-state index contributed by atoms with van der Waals surface area (Å²) in [5.41, 5.74) is 1.55. The van der Waals surface area contributed by atoms with Crippen molar-refractivity contribution >= 4 is 51.6 Å². The van der Waals surface area contributed by atoms with Crippen molar-refractivity contribution in [2.24, 2.45) is 7.05 Å². The second kappa shape index (κ2) is 12.1. The summed E-state index contributed by atoms with van der Waals surface area (Å²) < 4.78 is 13.1. The summed E-state index contributed by atoms with van der Waals surface area (Å²) in [7, 11) is 1.83. The molecule has 11 heteroatoms. The molecule has 1 N–H and O–H groups in total. The molecule has 0 radical (unpaired) electrons. The van der Waals surface area contributed by atoms with E-state index in [1.807, 2.05) is 26.1 Å². The van der Waals surface area contributed by atoms with E-state index in [4.69, 9.17) is 21.1 Å². The van der Waals surface area contributed by atoms with Gasteiger partial charge < -0.3 is 19.4 Å². The lowest BCUT2D eigenvalue weighted by atomic mass is 10.1. The topological polar surface area (TPSA) is 95.3 Å². The van der Waals surface area contributed by atoms with Crippen LogP contribution in [0.25, 0.3) is 0 Å². The number of halogens is 1. The van der Waals surface area contributed by atoms with Gasteiger partial charge in [-0.3, -0.25) is 4.79 Å². The Morgan fingerprint density at radius 3 is 2.78 bits per heavy atom.